The van der Waals surface area contributed by atoms with E-state index in [1.165, 1.54) is 7.11 Å². The summed E-state index contributed by atoms with van der Waals surface area (Å²) in [5.74, 6) is -0.425. The SMILES string of the molecule is COC(=O)c1c2c(nn1C)-c1ccccc1S(c1ccccc1)=N2. The Kier molecular flexibility index (Phi) is 3.54. The number of benzene rings is 2. The zero-order valence-corrected chi connectivity index (χ0v) is 14.1. The van der Waals surface area contributed by atoms with Crippen LogP contribution in [-0.4, -0.2) is 22.9 Å². The summed E-state index contributed by atoms with van der Waals surface area (Å²) in [7, 11) is 2.61. The number of hydrogen-bond acceptors (Lipinski definition) is 4. The van der Waals surface area contributed by atoms with E-state index in [0.717, 1.165) is 21.0 Å². The van der Waals surface area contributed by atoms with Crippen LogP contribution >= 0.6 is 0 Å². The second-order valence-electron chi connectivity index (χ2n) is 5.35. The van der Waals surface area contributed by atoms with Crippen LogP contribution in [0.25, 0.3) is 11.3 Å². The molecule has 1 unspecified atom stereocenters. The number of nitrogens with zero attached hydrogens (tertiary/aromatic N) is 3. The van der Waals surface area contributed by atoms with E-state index in [4.69, 9.17) is 9.10 Å². The lowest BCUT2D eigenvalue weighted by Crippen LogP contribution is -2.08. The molecular formula is C18H15N3O2S. The Labute approximate surface area is 142 Å². The van der Waals surface area contributed by atoms with E-state index >= 15 is 0 Å². The van der Waals surface area contributed by atoms with E-state index in [0.29, 0.717) is 11.4 Å². The van der Waals surface area contributed by atoms with Gasteiger partial charge in [-0.25, -0.2) is 9.16 Å². The highest BCUT2D eigenvalue weighted by Gasteiger charge is 2.29. The zero-order valence-electron chi connectivity index (χ0n) is 13.3. The number of carbonyl (C=O) groups excluding carboxylic acids is 1. The molecule has 120 valence electrons. The second-order valence-corrected chi connectivity index (χ2v) is 7.01. The molecule has 1 aromatic heterocycles. The van der Waals surface area contributed by atoms with E-state index in [-0.39, 0.29) is 0 Å². The molecule has 0 radical (unpaired) electrons. The Bertz CT molecular complexity index is 977. The number of aryl methyl sites for hydroxylation is 1. The predicted octanol–water partition coefficient (Wildman–Crippen LogP) is 3.74. The molecule has 2 heterocycles. The van der Waals surface area contributed by atoms with Gasteiger partial charge in [-0.3, -0.25) is 4.68 Å². The normalized spacial score (nSPS) is 15.2. The summed E-state index contributed by atoms with van der Waals surface area (Å²) in [5.41, 5.74) is 2.74. The summed E-state index contributed by atoms with van der Waals surface area (Å²) in [4.78, 5) is 14.4. The van der Waals surface area contributed by atoms with Crippen LogP contribution in [0.4, 0.5) is 5.69 Å². The van der Waals surface area contributed by atoms with Gasteiger partial charge in [-0.05, 0) is 28.9 Å². The molecular weight excluding hydrogens is 322 g/mol. The molecule has 0 fully saturated rings. The van der Waals surface area contributed by atoms with Gasteiger partial charge in [0.2, 0.25) is 0 Å². The highest BCUT2D eigenvalue weighted by Crippen LogP contribution is 2.43. The first-order valence-corrected chi connectivity index (χ1v) is 8.65. The first kappa shape index (κ1) is 14.8. The Morgan fingerprint density at radius 1 is 1.08 bits per heavy atom. The minimum Gasteiger partial charge on any atom is -0.464 e. The van der Waals surface area contributed by atoms with Gasteiger partial charge in [0.05, 0.1) is 7.11 Å². The highest BCUT2D eigenvalue weighted by atomic mass is 32.2. The molecule has 24 heavy (non-hydrogen) atoms. The monoisotopic (exact) mass is 337 g/mol. The lowest BCUT2D eigenvalue weighted by Gasteiger charge is -2.17. The Morgan fingerprint density at radius 3 is 2.54 bits per heavy atom. The maximum Gasteiger partial charge on any atom is 0.358 e. The first-order chi connectivity index (χ1) is 11.7. The van der Waals surface area contributed by atoms with Crippen LogP contribution in [0.1, 0.15) is 10.5 Å². The molecule has 5 nitrogen and oxygen atoms in total. The van der Waals surface area contributed by atoms with Crippen molar-refractivity contribution in [2.24, 2.45) is 11.4 Å². The largest absolute Gasteiger partial charge is 0.464 e. The number of hydrogen-bond donors (Lipinski definition) is 0. The molecule has 0 N–H and O–H groups in total. The zero-order chi connectivity index (χ0) is 16.7. The fourth-order valence-corrected chi connectivity index (χ4v) is 4.62. The molecule has 1 aliphatic heterocycles. The summed E-state index contributed by atoms with van der Waals surface area (Å²) >= 11 is 0. The van der Waals surface area contributed by atoms with Crippen LogP contribution in [0.2, 0.25) is 0 Å². The molecule has 1 atom stereocenters. The van der Waals surface area contributed by atoms with Crippen molar-refractivity contribution in [2.75, 3.05) is 7.11 Å². The molecule has 6 heteroatoms. The van der Waals surface area contributed by atoms with Crippen LogP contribution in [0.15, 0.2) is 68.8 Å². The van der Waals surface area contributed by atoms with Crippen LogP contribution in [0, 0.1) is 0 Å². The van der Waals surface area contributed by atoms with Crippen molar-refractivity contribution < 1.29 is 9.53 Å². The molecule has 1 aliphatic rings. The number of rotatable bonds is 2. The van der Waals surface area contributed by atoms with E-state index < -0.39 is 16.7 Å². The Balaban J connectivity index is 2.04. The number of carbonyl (C=O) groups is 1. The quantitative estimate of drug-likeness (QED) is 0.524. The van der Waals surface area contributed by atoms with Crippen molar-refractivity contribution in [3.8, 4) is 11.3 Å². The second kappa shape index (κ2) is 5.72. The van der Waals surface area contributed by atoms with Gasteiger partial charge in [0, 0.05) is 22.4 Å². The number of fused-ring (bicyclic) bond motifs is 3. The summed E-state index contributed by atoms with van der Waals surface area (Å²) in [6.45, 7) is 0. The molecule has 0 saturated heterocycles. The summed E-state index contributed by atoms with van der Waals surface area (Å²) in [6.07, 6.45) is 0. The molecule has 3 aromatic rings. The lowest BCUT2D eigenvalue weighted by molar-refractivity contribution is 0.0589. The van der Waals surface area contributed by atoms with Gasteiger partial charge in [0.1, 0.15) is 11.4 Å². The standard InChI is InChI=1S/C18H15N3O2S/c1-21-17(18(22)23-2)16-15(19-21)13-10-6-7-11-14(13)24(20-16)12-8-4-3-5-9-12/h3-11H,1-2H3. The Hall–Kier alpha value is -2.73. The van der Waals surface area contributed by atoms with E-state index in [2.05, 4.69) is 23.3 Å². The van der Waals surface area contributed by atoms with Gasteiger partial charge >= 0.3 is 5.97 Å². The topological polar surface area (TPSA) is 56.5 Å². The third kappa shape index (κ3) is 2.18. The average Bonchev–Trinajstić information content (AvgIpc) is 2.97. The Morgan fingerprint density at radius 2 is 1.79 bits per heavy atom. The van der Waals surface area contributed by atoms with Crippen LogP contribution < -0.4 is 0 Å². The molecule has 0 amide bonds. The number of aromatic nitrogens is 2. The molecule has 0 spiro atoms. The fourth-order valence-electron chi connectivity index (χ4n) is 2.81. The van der Waals surface area contributed by atoms with Gasteiger partial charge in [-0.2, -0.15) is 5.10 Å². The summed E-state index contributed by atoms with van der Waals surface area (Å²) in [5, 5.41) is 4.52. The van der Waals surface area contributed by atoms with Gasteiger partial charge in [-0.15, -0.1) is 0 Å². The van der Waals surface area contributed by atoms with Crippen molar-refractivity contribution in [3.63, 3.8) is 0 Å². The highest BCUT2D eigenvalue weighted by molar-refractivity contribution is 7.87. The van der Waals surface area contributed by atoms with E-state index in [1.807, 2.05) is 36.4 Å². The van der Waals surface area contributed by atoms with Crippen LogP contribution in [-0.2, 0) is 22.5 Å². The average molecular weight is 337 g/mol. The van der Waals surface area contributed by atoms with E-state index in [1.54, 1.807) is 11.7 Å². The molecule has 0 bridgehead atoms. The smallest absolute Gasteiger partial charge is 0.358 e. The van der Waals surface area contributed by atoms with Crippen molar-refractivity contribution in [3.05, 3.63) is 60.3 Å². The predicted molar refractivity (Wildman–Crippen MR) is 92.4 cm³/mol. The summed E-state index contributed by atoms with van der Waals surface area (Å²) < 4.78 is 11.4. The van der Waals surface area contributed by atoms with Crippen molar-refractivity contribution in [2.45, 2.75) is 9.79 Å². The lowest BCUT2D eigenvalue weighted by atomic mass is 10.1. The minimum absolute atomic E-state index is 0.385. The number of methoxy groups -OCH3 is 1. The van der Waals surface area contributed by atoms with Crippen molar-refractivity contribution in [1.29, 1.82) is 0 Å². The van der Waals surface area contributed by atoms with Crippen LogP contribution in [0.3, 0.4) is 0 Å². The molecule has 0 saturated carbocycles. The van der Waals surface area contributed by atoms with Crippen LogP contribution in [0.5, 0.6) is 0 Å². The number of esters is 1. The minimum atomic E-state index is -0.496. The van der Waals surface area contributed by atoms with Gasteiger partial charge in [0.25, 0.3) is 0 Å². The molecule has 4 rings (SSSR count). The molecule has 2 aromatic carbocycles. The van der Waals surface area contributed by atoms with Crippen molar-refractivity contribution in [1.82, 2.24) is 9.78 Å². The third-order valence-electron chi connectivity index (χ3n) is 3.90. The third-order valence-corrected chi connectivity index (χ3v) is 5.76. The van der Waals surface area contributed by atoms with Gasteiger partial charge < -0.3 is 4.74 Å². The maximum atomic E-state index is 12.2. The molecule has 0 aliphatic carbocycles. The van der Waals surface area contributed by atoms with Gasteiger partial charge in [-0.1, -0.05) is 36.4 Å². The first-order valence-electron chi connectivity index (χ1n) is 7.46. The summed E-state index contributed by atoms with van der Waals surface area (Å²) in [6, 6.07) is 18.2. The number of ether oxygens (including phenoxy) is 1. The van der Waals surface area contributed by atoms with Crippen molar-refractivity contribution >= 4 is 22.3 Å². The van der Waals surface area contributed by atoms with E-state index in [9.17, 15) is 4.79 Å². The maximum absolute atomic E-state index is 12.2. The fraction of sp³-hybridized carbons (Fsp3) is 0.111. The van der Waals surface area contributed by atoms with Gasteiger partial charge in [0.15, 0.2) is 5.69 Å².